The van der Waals surface area contributed by atoms with Crippen molar-refractivity contribution in [2.45, 2.75) is 36.3 Å². The molecular weight excluding hydrogens is 679 g/mol. The summed E-state index contributed by atoms with van der Waals surface area (Å²) >= 11 is 2.73. The first-order valence-electron chi connectivity index (χ1n) is 16.3. The summed E-state index contributed by atoms with van der Waals surface area (Å²) in [4.78, 5) is 28.9. The van der Waals surface area contributed by atoms with Crippen LogP contribution in [0.15, 0.2) is 143 Å². The first-order valence-corrected chi connectivity index (χ1v) is 18.1. The van der Waals surface area contributed by atoms with Crippen molar-refractivity contribution >= 4 is 45.7 Å². The van der Waals surface area contributed by atoms with E-state index < -0.39 is 17.7 Å². The minimum Gasteiger partial charge on any atom is -0.507 e. The van der Waals surface area contributed by atoms with Gasteiger partial charge in [0.1, 0.15) is 30.5 Å². The third-order valence-electron chi connectivity index (χ3n) is 8.48. The maximum Gasteiger partial charge on any atom is 0.301 e. The molecule has 254 valence electrons. The summed E-state index contributed by atoms with van der Waals surface area (Å²) < 4.78 is 12.6. The van der Waals surface area contributed by atoms with Gasteiger partial charge in [-0.05, 0) is 71.1 Å². The van der Waals surface area contributed by atoms with Gasteiger partial charge in [0.2, 0.25) is 5.13 Å². The SMILES string of the molecule is Cc1ccccc1COc1ccc(/C(O)=C2\C(=O)C(=O)N(c3nnc(SCc4ccccc4)s3)C2c2ccc(OCc3ccccc3)cc2)cc1. The van der Waals surface area contributed by atoms with Crippen LogP contribution in [0.4, 0.5) is 5.13 Å². The molecule has 7 rings (SSSR count). The number of hydrogen-bond donors (Lipinski definition) is 1. The summed E-state index contributed by atoms with van der Waals surface area (Å²) in [6, 6.07) is 40.9. The van der Waals surface area contributed by atoms with E-state index in [1.54, 1.807) is 48.5 Å². The highest BCUT2D eigenvalue weighted by molar-refractivity contribution is 8.00. The van der Waals surface area contributed by atoms with E-state index in [1.165, 1.54) is 28.0 Å². The lowest BCUT2D eigenvalue weighted by Gasteiger charge is -2.22. The van der Waals surface area contributed by atoms with Gasteiger partial charge >= 0.3 is 5.91 Å². The van der Waals surface area contributed by atoms with Crippen LogP contribution in [0.5, 0.6) is 11.5 Å². The molecule has 1 aliphatic rings. The van der Waals surface area contributed by atoms with E-state index in [0.717, 1.165) is 22.3 Å². The summed E-state index contributed by atoms with van der Waals surface area (Å²) in [5.74, 6) is 0.00484. The second-order valence-electron chi connectivity index (χ2n) is 11.9. The van der Waals surface area contributed by atoms with E-state index in [4.69, 9.17) is 9.47 Å². The number of ketones is 1. The van der Waals surface area contributed by atoms with Crippen molar-refractivity contribution in [3.05, 3.63) is 172 Å². The normalized spacial score (nSPS) is 15.2. The van der Waals surface area contributed by atoms with E-state index in [9.17, 15) is 14.7 Å². The molecule has 51 heavy (non-hydrogen) atoms. The standard InChI is InChI=1S/C41H33N3O5S2/c1-27-10-8-9-15-32(27)25-49-34-22-18-31(19-23-34)37(45)35-36(30-16-20-33(21-17-30)48-24-28-11-4-2-5-12-28)44(39(47)38(35)46)40-42-43-41(51-40)50-26-29-13-6-3-7-14-29/h2-23,36,45H,24-26H2,1H3/b37-35+. The number of aromatic nitrogens is 2. The van der Waals surface area contributed by atoms with Crippen LogP contribution >= 0.6 is 23.1 Å². The number of hydrogen-bond acceptors (Lipinski definition) is 9. The summed E-state index contributed by atoms with van der Waals surface area (Å²) in [5.41, 5.74) is 5.29. The molecule has 0 aliphatic carbocycles. The highest BCUT2D eigenvalue weighted by Crippen LogP contribution is 2.44. The van der Waals surface area contributed by atoms with Crippen molar-refractivity contribution < 1.29 is 24.2 Å². The van der Waals surface area contributed by atoms with E-state index in [1.807, 2.05) is 91.9 Å². The van der Waals surface area contributed by atoms with Crippen molar-refractivity contribution in [2.24, 2.45) is 0 Å². The topological polar surface area (TPSA) is 102 Å². The molecule has 6 aromatic rings. The average Bonchev–Trinajstić information content (AvgIpc) is 3.75. The molecule has 1 aliphatic heterocycles. The molecule has 2 heterocycles. The molecule has 1 N–H and O–H groups in total. The van der Waals surface area contributed by atoms with Gasteiger partial charge in [-0.15, -0.1) is 10.2 Å². The number of rotatable bonds is 12. The quantitative estimate of drug-likeness (QED) is 0.0442. The Bertz CT molecular complexity index is 2170. The molecule has 1 atom stereocenters. The van der Waals surface area contributed by atoms with Crippen molar-refractivity contribution in [3.63, 3.8) is 0 Å². The Labute approximate surface area is 304 Å². The van der Waals surface area contributed by atoms with E-state index in [0.29, 0.717) is 45.9 Å². The predicted molar refractivity (Wildman–Crippen MR) is 200 cm³/mol. The molecule has 10 heteroatoms. The summed E-state index contributed by atoms with van der Waals surface area (Å²) in [7, 11) is 0. The van der Waals surface area contributed by atoms with E-state index >= 15 is 0 Å². The molecule has 0 bridgehead atoms. The third kappa shape index (κ3) is 7.72. The number of Topliss-reactive ketones (excluding diaryl/α,β-unsaturated/α-hetero) is 1. The molecular formula is C41H33N3O5S2. The molecule has 1 aromatic heterocycles. The minimum atomic E-state index is -0.954. The van der Waals surface area contributed by atoms with Crippen LogP contribution < -0.4 is 14.4 Å². The third-order valence-corrected chi connectivity index (χ3v) is 10.6. The molecule has 1 amide bonds. The summed E-state index contributed by atoms with van der Waals surface area (Å²) in [6.45, 7) is 2.81. The van der Waals surface area contributed by atoms with Crippen LogP contribution in [0.25, 0.3) is 5.76 Å². The number of amides is 1. The van der Waals surface area contributed by atoms with Crippen LogP contribution in [0.3, 0.4) is 0 Å². The van der Waals surface area contributed by atoms with Gasteiger partial charge in [0, 0.05) is 11.3 Å². The van der Waals surface area contributed by atoms with Crippen LogP contribution in [-0.4, -0.2) is 27.0 Å². The average molecular weight is 712 g/mol. The Morgan fingerprint density at radius 2 is 1.35 bits per heavy atom. The Kier molecular flexibility index (Phi) is 10.2. The first-order chi connectivity index (χ1) is 24.9. The lowest BCUT2D eigenvalue weighted by atomic mass is 9.95. The molecule has 0 spiro atoms. The van der Waals surface area contributed by atoms with Gasteiger partial charge in [0.15, 0.2) is 4.34 Å². The number of carbonyl (C=O) groups excluding carboxylic acids is 2. The molecule has 0 radical (unpaired) electrons. The van der Waals surface area contributed by atoms with Gasteiger partial charge in [-0.1, -0.05) is 120 Å². The fourth-order valence-electron chi connectivity index (χ4n) is 5.71. The zero-order chi connectivity index (χ0) is 35.2. The lowest BCUT2D eigenvalue weighted by molar-refractivity contribution is -0.132. The summed E-state index contributed by atoms with van der Waals surface area (Å²) in [6.07, 6.45) is 0. The number of aryl methyl sites for hydroxylation is 1. The van der Waals surface area contributed by atoms with Gasteiger partial charge < -0.3 is 14.6 Å². The highest BCUT2D eigenvalue weighted by Gasteiger charge is 2.48. The molecule has 8 nitrogen and oxygen atoms in total. The molecule has 0 saturated carbocycles. The van der Waals surface area contributed by atoms with Crippen molar-refractivity contribution in [1.29, 1.82) is 0 Å². The number of benzene rings is 5. The molecule has 5 aromatic carbocycles. The van der Waals surface area contributed by atoms with Gasteiger partial charge in [-0.2, -0.15) is 0 Å². The monoisotopic (exact) mass is 711 g/mol. The van der Waals surface area contributed by atoms with Gasteiger partial charge in [-0.3, -0.25) is 14.5 Å². The van der Waals surface area contributed by atoms with Gasteiger partial charge in [0.25, 0.3) is 5.78 Å². The number of carbonyl (C=O) groups is 2. The second-order valence-corrected chi connectivity index (χ2v) is 14.1. The Morgan fingerprint density at radius 3 is 2.04 bits per heavy atom. The smallest absolute Gasteiger partial charge is 0.301 e. The minimum absolute atomic E-state index is 0.0415. The van der Waals surface area contributed by atoms with E-state index in [-0.39, 0.29) is 16.5 Å². The highest BCUT2D eigenvalue weighted by atomic mass is 32.2. The first kappa shape index (κ1) is 33.8. The number of anilines is 1. The number of ether oxygens (including phenoxy) is 2. The fourth-order valence-corrected chi connectivity index (χ4v) is 7.53. The molecule has 1 fully saturated rings. The molecule has 1 saturated heterocycles. The lowest BCUT2D eigenvalue weighted by Crippen LogP contribution is -2.29. The van der Waals surface area contributed by atoms with E-state index in [2.05, 4.69) is 10.2 Å². The van der Waals surface area contributed by atoms with Crippen LogP contribution in [0, 0.1) is 6.92 Å². The zero-order valence-electron chi connectivity index (χ0n) is 27.6. The van der Waals surface area contributed by atoms with Crippen molar-refractivity contribution in [1.82, 2.24) is 10.2 Å². The van der Waals surface area contributed by atoms with Crippen LogP contribution in [0.1, 0.15) is 39.4 Å². The maximum atomic E-state index is 13.8. The number of thioether (sulfide) groups is 1. The largest absolute Gasteiger partial charge is 0.507 e. The van der Waals surface area contributed by atoms with Crippen molar-refractivity contribution in [3.8, 4) is 11.5 Å². The van der Waals surface area contributed by atoms with Gasteiger partial charge in [-0.25, -0.2) is 0 Å². The van der Waals surface area contributed by atoms with Crippen LogP contribution in [0.2, 0.25) is 0 Å². The fraction of sp³-hybridized carbons (Fsp3) is 0.122. The predicted octanol–water partition coefficient (Wildman–Crippen LogP) is 8.92. The number of aliphatic hydroxyl groups is 1. The molecule has 1 unspecified atom stereocenters. The van der Waals surface area contributed by atoms with Crippen LogP contribution in [-0.2, 0) is 28.6 Å². The Morgan fingerprint density at radius 1 is 0.745 bits per heavy atom. The second kappa shape index (κ2) is 15.5. The van der Waals surface area contributed by atoms with Gasteiger partial charge in [0.05, 0.1) is 11.6 Å². The Balaban J connectivity index is 1.18. The van der Waals surface area contributed by atoms with Crippen molar-refractivity contribution in [2.75, 3.05) is 4.90 Å². The Hall–Kier alpha value is -5.71. The maximum absolute atomic E-state index is 13.8. The number of nitrogens with zero attached hydrogens (tertiary/aromatic N) is 3. The summed E-state index contributed by atoms with van der Waals surface area (Å²) in [5, 5.41) is 20.6. The number of aliphatic hydroxyl groups excluding tert-OH is 1. The zero-order valence-corrected chi connectivity index (χ0v) is 29.3.